The molecule has 3 heteroatoms. The third-order valence-electron chi connectivity index (χ3n) is 3.63. The molecule has 1 N–H and O–H groups in total. The topological polar surface area (TPSA) is 41.5 Å². The van der Waals surface area contributed by atoms with E-state index in [9.17, 15) is 4.79 Å². The molecular weight excluding hydrogens is 248 g/mol. The van der Waals surface area contributed by atoms with E-state index in [1.54, 1.807) is 12.1 Å². The van der Waals surface area contributed by atoms with Gasteiger partial charge in [-0.1, -0.05) is 36.4 Å². The first-order valence-electron chi connectivity index (χ1n) is 6.82. The summed E-state index contributed by atoms with van der Waals surface area (Å²) in [5, 5.41) is 4.28. The van der Waals surface area contributed by atoms with Gasteiger partial charge < -0.3 is 0 Å². The Morgan fingerprint density at radius 1 is 1.35 bits per heavy atom. The maximum absolute atomic E-state index is 12.0. The van der Waals surface area contributed by atoms with Crippen molar-refractivity contribution < 1.29 is 4.79 Å². The normalized spacial score (nSPS) is 20.4. The minimum atomic E-state index is -0.177. The Kier molecular flexibility index (Phi) is 4.51. The van der Waals surface area contributed by atoms with E-state index in [1.807, 2.05) is 32.0 Å². The molecule has 20 heavy (non-hydrogen) atoms. The minimum absolute atomic E-state index is 0.177. The third kappa shape index (κ3) is 3.44. The predicted octanol–water partition coefficient (Wildman–Crippen LogP) is 3.70. The van der Waals surface area contributed by atoms with E-state index in [2.05, 4.69) is 23.2 Å². The molecule has 0 radical (unpaired) electrons. The summed E-state index contributed by atoms with van der Waals surface area (Å²) in [6.07, 6.45) is 4.01. The van der Waals surface area contributed by atoms with Gasteiger partial charge in [0.2, 0.25) is 0 Å². The van der Waals surface area contributed by atoms with Crippen LogP contribution in [0.5, 0.6) is 0 Å². The molecule has 1 atom stereocenters. The molecule has 0 spiro atoms. The fraction of sp³-hybridized carbons (Fsp3) is 0.294. The van der Waals surface area contributed by atoms with Crippen molar-refractivity contribution in [3.8, 4) is 0 Å². The third-order valence-corrected chi connectivity index (χ3v) is 3.63. The fourth-order valence-corrected chi connectivity index (χ4v) is 2.20. The van der Waals surface area contributed by atoms with Gasteiger partial charge in [-0.15, -0.1) is 0 Å². The maximum atomic E-state index is 12.0. The zero-order valence-corrected chi connectivity index (χ0v) is 12.0. The second-order valence-corrected chi connectivity index (χ2v) is 5.24. The van der Waals surface area contributed by atoms with Gasteiger partial charge in [-0.05, 0) is 50.3 Å². The number of carbonyl (C=O) groups excluding carboxylic acids is 1. The quantitative estimate of drug-likeness (QED) is 0.659. The van der Waals surface area contributed by atoms with Crippen molar-refractivity contribution in [3.63, 3.8) is 0 Å². The Balaban J connectivity index is 2.07. The molecule has 2 rings (SSSR count). The number of hydrogen-bond acceptors (Lipinski definition) is 2. The maximum Gasteiger partial charge on any atom is 0.271 e. The second kappa shape index (κ2) is 6.33. The van der Waals surface area contributed by atoms with Crippen LogP contribution < -0.4 is 5.43 Å². The number of hydrazone groups is 1. The molecule has 0 saturated carbocycles. The predicted molar refractivity (Wildman–Crippen MR) is 82.6 cm³/mol. The zero-order chi connectivity index (χ0) is 14.5. The molecule has 0 heterocycles. The highest BCUT2D eigenvalue weighted by Crippen LogP contribution is 2.26. The van der Waals surface area contributed by atoms with Crippen LogP contribution in [0.2, 0.25) is 0 Å². The smallest absolute Gasteiger partial charge is 0.267 e. The number of nitrogens with zero attached hydrogens (tertiary/aromatic N) is 1. The number of amides is 1. The van der Waals surface area contributed by atoms with Gasteiger partial charge in [0.15, 0.2) is 0 Å². The average molecular weight is 268 g/mol. The molecule has 1 aromatic carbocycles. The van der Waals surface area contributed by atoms with Gasteiger partial charge in [0, 0.05) is 5.56 Å². The van der Waals surface area contributed by atoms with Crippen molar-refractivity contribution in [1.29, 1.82) is 0 Å². The first-order valence-corrected chi connectivity index (χ1v) is 6.82. The first-order chi connectivity index (χ1) is 9.58. The Bertz CT molecular complexity index is 570. The van der Waals surface area contributed by atoms with Crippen molar-refractivity contribution in [3.05, 3.63) is 59.7 Å². The Morgan fingerprint density at radius 3 is 2.70 bits per heavy atom. The number of hydrogen-bond donors (Lipinski definition) is 1. The van der Waals surface area contributed by atoms with E-state index in [-0.39, 0.29) is 5.91 Å². The lowest BCUT2D eigenvalue weighted by Crippen LogP contribution is -2.23. The van der Waals surface area contributed by atoms with Gasteiger partial charge in [-0.2, -0.15) is 5.10 Å². The number of benzene rings is 1. The molecule has 104 valence electrons. The van der Waals surface area contributed by atoms with E-state index in [4.69, 9.17) is 0 Å². The molecule has 1 aromatic rings. The summed E-state index contributed by atoms with van der Waals surface area (Å²) in [5.74, 6) is 0.245. The summed E-state index contributed by atoms with van der Waals surface area (Å²) in [6.45, 7) is 8.08. The molecule has 1 aliphatic carbocycles. The monoisotopic (exact) mass is 268 g/mol. The van der Waals surface area contributed by atoms with E-state index in [0.29, 0.717) is 11.5 Å². The molecule has 0 aliphatic heterocycles. The van der Waals surface area contributed by atoms with Crippen LogP contribution in [0.25, 0.3) is 0 Å². The second-order valence-electron chi connectivity index (χ2n) is 5.24. The van der Waals surface area contributed by atoms with E-state index in [1.165, 1.54) is 0 Å². The average Bonchev–Trinajstić information content (AvgIpc) is 2.46. The minimum Gasteiger partial charge on any atom is -0.267 e. The van der Waals surface area contributed by atoms with Crippen molar-refractivity contribution in [2.45, 2.75) is 26.7 Å². The lowest BCUT2D eigenvalue weighted by Gasteiger charge is -2.22. The summed E-state index contributed by atoms with van der Waals surface area (Å²) in [7, 11) is 0. The molecule has 0 saturated heterocycles. The van der Waals surface area contributed by atoms with Crippen LogP contribution in [0.4, 0.5) is 0 Å². The highest BCUT2D eigenvalue weighted by atomic mass is 16.2. The molecule has 1 aliphatic rings. The zero-order valence-electron chi connectivity index (χ0n) is 12.0. The van der Waals surface area contributed by atoms with Gasteiger partial charge in [-0.3, -0.25) is 4.79 Å². The Labute approximate surface area is 120 Å². The highest BCUT2D eigenvalue weighted by Gasteiger charge is 2.18. The SMILES string of the molecule is C=C(C)C1CC=C(C)/C(=N\NC(=O)c2ccccc2)C1. The molecule has 1 amide bonds. The van der Waals surface area contributed by atoms with Crippen LogP contribution in [0.1, 0.15) is 37.0 Å². The number of carbonyl (C=O) groups is 1. The van der Waals surface area contributed by atoms with Crippen LogP contribution in [-0.4, -0.2) is 11.6 Å². The van der Waals surface area contributed by atoms with Gasteiger partial charge in [-0.25, -0.2) is 5.43 Å². The molecule has 1 unspecified atom stereocenters. The molecule has 0 aromatic heterocycles. The van der Waals surface area contributed by atoms with Crippen molar-refractivity contribution >= 4 is 11.6 Å². The molecule has 3 nitrogen and oxygen atoms in total. The van der Waals surface area contributed by atoms with Crippen LogP contribution in [0.15, 0.2) is 59.2 Å². The fourth-order valence-electron chi connectivity index (χ4n) is 2.20. The van der Waals surface area contributed by atoms with E-state index < -0.39 is 0 Å². The van der Waals surface area contributed by atoms with Gasteiger partial charge in [0.25, 0.3) is 5.91 Å². The van der Waals surface area contributed by atoms with Crippen molar-refractivity contribution in [2.24, 2.45) is 11.0 Å². The van der Waals surface area contributed by atoms with E-state index in [0.717, 1.165) is 29.7 Å². The van der Waals surface area contributed by atoms with Crippen molar-refractivity contribution in [2.75, 3.05) is 0 Å². The lowest BCUT2D eigenvalue weighted by molar-refractivity contribution is 0.0954. The van der Waals surface area contributed by atoms with Crippen molar-refractivity contribution in [1.82, 2.24) is 5.43 Å². The summed E-state index contributed by atoms with van der Waals surface area (Å²) in [4.78, 5) is 12.0. The first kappa shape index (κ1) is 14.3. The molecule has 0 bridgehead atoms. The summed E-state index contributed by atoms with van der Waals surface area (Å²) in [6, 6.07) is 9.11. The number of rotatable bonds is 3. The summed E-state index contributed by atoms with van der Waals surface area (Å²) >= 11 is 0. The van der Waals surface area contributed by atoms with Gasteiger partial charge in [0.05, 0.1) is 5.71 Å². The van der Waals surface area contributed by atoms with Gasteiger partial charge >= 0.3 is 0 Å². The number of nitrogens with one attached hydrogen (secondary N) is 1. The molecule has 0 fully saturated rings. The Morgan fingerprint density at radius 2 is 2.05 bits per heavy atom. The Hall–Kier alpha value is -2.16. The lowest BCUT2D eigenvalue weighted by atomic mass is 9.85. The largest absolute Gasteiger partial charge is 0.271 e. The van der Waals surface area contributed by atoms with Crippen LogP contribution in [0.3, 0.4) is 0 Å². The summed E-state index contributed by atoms with van der Waals surface area (Å²) in [5.41, 5.74) is 6.49. The summed E-state index contributed by atoms with van der Waals surface area (Å²) < 4.78 is 0. The standard InChI is InChI=1S/C17H20N2O/c1-12(2)15-10-9-13(3)16(11-15)18-19-17(20)14-7-5-4-6-8-14/h4-9,15H,1,10-11H2,2-3H3,(H,19,20)/b18-16-. The number of allylic oxidation sites excluding steroid dienone is 3. The van der Waals surface area contributed by atoms with Crippen LogP contribution in [0, 0.1) is 5.92 Å². The van der Waals surface area contributed by atoms with Gasteiger partial charge in [0.1, 0.15) is 0 Å². The highest BCUT2D eigenvalue weighted by molar-refractivity contribution is 6.02. The van der Waals surface area contributed by atoms with Crippen LogP contribution in [-0.2, 0) is 0 Å². The molecular formula is C17H20N2O. The van der Waals surface area contributed by atoms with Crippen LogP contribution >= 0.6 is 0 Å². The van der Waals surface area contributed by atoms with E-state index >= 15 is 0 Å².